The Kier molecular flexibility index (Phi) is 4.92. The first-order valence-electron chi connectivity index (χ1n) is 4.97. The van der Waals surface area contributed by atoms with E-state index < -0.39 is 6.10 Å². The molecule has 82 valence electrons. The third-order valence-corrected chi connectivity index (χ3v) is 1.79. The maximum Gasteiger partial charge on any atom is 0.125 e. The molecule has 2 nitrogen and oxygen atoms in total. The lowest BCUT2D eigenvalue weighted by molar-refractivity contribution is 0.0347. The monoisotopic (exact) mass is 198 g/mol. The standard InChI is InChI=1S/C12H22O2/c1-7-14-10(8-9(2)3)11(13)12(4,5)6/h8,11,13H,2,7H2,1,3-6H3/b10-8+. The molecule has 0 rings (SSSR count). The summed E-state index contributed by atoms with van der Waals surface area (Å²) < 4.78 is 5.39. The fourth-order valence-corrected chi connectivity index (χ4v) is 1.04. The van der Waals surface area contributed by atoms with Gasteiger partial charge in [-0.3, -0.25) is 0 Å². The topological polar surface area (TPSA) is 29.5 Å². The number of rotatable bonds is 4. The Bertz CT molecular complexity index is 221. The molecule has 0 bridgehead atoms. The molecule has 1 atom stereocenters. The molecule has 0 saturated carbocycles. The largest absolute Gasteiger partial charge is 0.495 e. The maximum atomic E-state index is 9.99. The zero-order valence-corrected chi connectivity index (χ0v) is 9.92. The van der Waals surface area contributed by atoms with E-state index >= 15 is 0 Å². The van der Waals surface area contributed by atoms with Crippen LogP contribution in [0.3, 0.4) is 0 Å². The van der Waals surface area contributed by atoms with Crippen molar-refractivity contribution in [2.45, 2.75) is 40.7 Å². The summed E-state index contributed by atoms with van der Waals surface area (Å²) >= 11 is 0. The van der Waals surface area contributed by atoms with Gasteiger partial charge >= 0.3 is 0 Å². The zero-order chi connectivity index (χ0) is 11.4. The quantitative estimate of drug-likeness (QED) is 0.556. The van der Waals surface area contributed by atoms with E-state index in [1.54, 1.807) is 6.08 Å². The minimum Gasteiger partial charge on any atom is -0.495 e. The van der Waals surface area contributed by atoms with Crippen LogP contribution in [0, 0.1) is 5.41 Å². The molecule has 0 aliphatic rings. The van der Waals surface area contributed by atoms with Crippen molar-refractivity contribution in [3.8, 4) is 0 Å². The van der Waals surface area contributed by atoms with E-state index in [2.05, 4.69) is 6.58 Å². The first-order chi connectivity index (χ1) is 6.29. The second kappa shape index (κ2) is 5.20. The first kappa shape index (κ1) is 13.2. The van der Waals surface area contributed by atoms with Crippen molar-refractivity contribution in [2.24, 2.45) is 5.41 Å². The van der Waals surface area contributed by atoms with Gasteiger partial charge in [0.25, 0.3) is 0 Å². The minimum atomic E-state index is -0.584. The van der Waals surface area contributed by atoms with Gasteiger partial charge < -0.3 is 9.84 Å². The summed E-state index contributed by atoms with van der Waals surface area (Å²) in [6, 6.07) is 0. The molecule has 14 heavy (non-hydrogen) atoms. The molecule has 1 N–H and O–H groups in total. The van der Waals surface area contributed by atoms with Gasteiger partial charge in [0.05, 0.1) is 6.61 Å². The highest BCUT2D eigenvalue weighted by atomic mass is 16.5. The Labute approximate surface area is 87.3 Å². The van der Waals surface area contributed by atoms with E-state index in [0.717, 1.165) is 5.57 Å². The molecular weight excluding hydrogens is 176 g/mol. The normalized spacial score (nSPS) is 15.1. The van der Waals surface area contributed by atoms with Gasteiger partial charge in [-0.15, -0.1) is 0 Å². The van der Waals surface area contributed by atoms with Crippen molar-refractivity contribution < 1.29 is 9.84 Å². The average Bonchev–Trinajstić information content (AvgIpc) is 2.00. The molecule has 2 heteroatoms. The minimum absolute atomic E-state index is 0.212. The number of aliphatic hydroxyl groups excluding tert-OH is 1. The van der Waals surface area contributed by atoms with E-state index in [9.17, 15) is 5.11 Å². The van der Waals surface area contributed by atoms with Gasteiger partial charge in [-0.1, -0.05) is 32.9 Å². The smallest absolute Gasteiger partial charge is 0.125 e. The van der Waals surface area contributed by atoms with Gasteiger partial charge in [0.15, 0.2) is 0 Å². The van der Waals surface area contributed by atoms with Crippen LogP contribution in [0.15, 0.2) is 24.0 Å². The molecule has 0 aromatic heterocycles. The lowest BCUT2D eigenvalue weighted by Gasteiger charge is -2.27. The van der Waals surface area contributed by atoms with Crippen LogP contribution in [-0.4, -0.2) is 17.8 Å². The van der Waals surface area contributed by atoms with Crippen molar-refractivity contribution in [1.29, 1.82) is 0 Å². The summed E-state index contributed by atoms with van der Waals surface area (Å²) in [5.74, 6) is 0.604. The Morgan fingerprint density at radius 1 is 1.50 bits per heavy atom. The Hall–Kier alpha value is -0.760. The van der Waals surface area contributed by atoms with Crippen LogP contribution in [-0.2, 0) is 4.74 Å². The Balaban J connectivity index is 4.74. The summed E-state index contributed by atoms with van der Waals surface area (Å²) in [6.45, 7) is 14.0. The summed E-state index contributed by atoms with van der Waals surface area (Å²) in [5, 5.41) is 9.99. The molecule has 0 aromatic carbocycles. The van der Waals surface area contributed by atoms with Crippen LogP contribution in [0.2, 0.25) is 0 Å². The van der Waals surface area contributed by atoms with Crippen molar-refractivity contribution in [1.82, 2.24) is 0 Å². The molecule has 0 heterocycles. The third-order valence-electron chi connectivity index (χ3n) is 1.79. The third kappa shape index (κ3) is 4.47. The molecule has 0 spiro atoms. The summed E-state index contributed by atoms with van der Waals surface area (Å²) in [5.41, 5.74) is 0.674. The number of hydrogen-bond acceptors (Lipinski definition) is 2. The van der Waals surface area contributed by atoms with Crippen molar-refractivity contribution in [3.05, 3.63) is 24.0 Å². The Morgan fingerprint density at radius 2 is 2.00 bits per heavy atom. The van der Waals surface area contributed by atoms with E-state index in [4.69, 9.17) is 4.74 Å². The molecule has 1 unspecified atom stereocenters. The van der Waals surface area contributed by atoms with E-state index in [1.807, 2.05) is 34.6 Å². The molecule has 0 fully saturated rings. The number of ether oxygens (including phenoxy) is 1. The number of allylic oxidation sites excluding steroid dienone is 2. The van der Waals surface area contributed by atoms with Gasteiger partial charge in [0.1, 0.15) is 11.9 Å². The van der Waals surface area contributed by atoms with Crippen molar-refractivity contribution >= 4 is 0 Å². The van der Waals surface area contributed by atoms with Gasteiger partial charge in [-0.05, 0) is 25.3 Å². The average molecular weight is 198 g/mol. The van der Waals surface area contributed by atoms with Gasteiger partial charge in [0.2, 0.25) is 0 Å². The second-order valence-corrected chi connectivity index (χ2v) is 4.59. The van der Waals surface area contributed by atoms with E-state index in [0.29, 0.717) is 12.4 Å². The van der Waals surface area contributed by atoms with Gasteiger partial charge in [-0.25, -0.2) is 0 Å². The number of hydrogen-bond donors (Lipinski definition) is 1. The van der Waals surface area contributed by atoms with Crippen LogP contribution < -0.4 is 0 Å². The van der Waals surface area contributed by atoms with Crippen molar-refractivity contribution in [3.63, 3.8) is 0 Å². The molecule has 0 aliphatic heterocycles. The van der Waals surface area contributed by atoms with Crippen LogP contribution in [0.1, 0.15) is 34.6 Å². The number of aliphatic hydroxyl groups is 1. The van der Waals surface area contributed by atoms with Crippen LogP contribution in [0.4, 0.5) is 0 Å². The van der Waals surface area contributed by atoms with Crippen LogP contribution in [0.25, 0.3) is 0 Å². The molecule has 0 radical (unpaired) electrons. The molecule has 0 aromatic rings. The van der Waals surface area contributed by atoms with Crippen molar-refractivity contribution in [2.75, 3.05) is 6.61 Å². The Morgan fingerprint density at radius 3 is 2.29 bits per heavy atom. The van der Waals surface area contributed by atoms with Gasteiger partial charge in [0, 0.05) is 0 Å². The molecule has 0 aliphatic carbocycles. The first-order valence-corrected chi connectivity index (χ1v) is 4.97. The maximum absolute atomic E-state index is 9.99. The lowest BCUT2D eigenvalue weighted by Crippen LogP contribution is -2.29. The molecule has 0 amide bonds. The summed E-state index contributed by atoms with van der Waals surface area (Å²) in [7, 11) is 0. The van der Waals surface area contributed by atoms with E-state index in [-0.39, 0.29) is 5.41 Å². The van der Waals surface area contributed by atoms with Crippen LogP contribution in [0.5, 0.6) is 0 Å². The van der Waals surface area contributed by atoms with Crippen LogP contribution >= 0.6 is 0 Å². The highest BCUT2D eigenvalue weighted by molar-refractivity contribution is 5.18. The fourth-order valence-electron chi connectivity index (χ4n) is 1.04. The predicted octanol–water partition coefficient (Wildman–Crippen LogP) is 2.89. The highest BCUT2D eigenvalue weighted by Crippen LogP contribution is 2.26. The highest BCUT2D eigenvalue weighted by Gasteiger charge is 2.26. The predicted molar refractivity (Wildman–Crippen MR) is 60.0 cm³/mol. The zero-order valence-electron chi connectivity index (χ0n) is 9.92. The lowest BCUT2D eigenvalue weighted by atomic mass is 9.87. The molecule has 0 saturated heterocycles. The summed E-state index contributed by atoms with van der Waals surface area (Å²) in [6.07, 6.45) is 1.21. The summed E-state index contributed by atoms with van der Waals surface area (Å²) in [4.78, 5) is 0. The molecular formula is C12H22O2. The second-order valence-electron chi connectivity index (χ2n) is 4.59. The SMILES string of the molecule is C=C(C)/C=C(/OCC)C(O)C(C)(C)C. The van der Waals surface area contributed by atoms with Gasteiger partial charge in [-0.2, -0.15) is 0 Å². The fraction of sp³-hybridized carbons (Fsp3) is 0.667. The van der Waals surface area contributed by atoms with E-state index in [1.165, 1.54) is 0 Å².